The Morgan fingerprint density at radius 3 is 2.42 bits per heavy atom. The van der Waals surface area contributed by atoms with Crippen LogP contribution in [0.5, 0.6) is 5.75 Å². The highest BCUT2D eigenvalue weighted by molar-refractivity contribution is 8.13. The molecule has 19 heavy (non-hydrogen) atoms. The SMILES string of the molecule is COC(C)(C)CCOc1ccc(S(=O)(=O)Cl)cc1Cl. The van der Waals surface area contributed by atoms with Crippen molar-refractivity contribution in [2.24, 2.45) is 0 Å². The average molecular weight is 327 g/mol. The molecule has 0 heterocycles. The number of rotatable bonds is 6. The number of hydrogen-bond donors (Lipinski definition) is 0. The summed E-state index contributed by atoms with van der Waals surface area (Å²) in [5.74, 6) is 0.414. The highest BCUT2D eigenvalue weighted by atomic mass is 35.7. The van der Waals surface area contributed by atoms with Gasteiger partial charge in [0.1, 0.15) is 5.75 Å². The van der Waals surface area contributed by atoms with Gasteiger partial charge in [0.2, 0.25) is 0 Å². The normalized spacial score (nSPS) is 12.5. The molecule has 0 aliphatic carbocycles. The molecule has 0 spiro atoms. The summed E-state index contributed by atoms with van der Waals surface area (Å²) in [6.07, 6.45) is 0.676. The predicted octanol–water partition coefficient (Wildman–Crippen LogP) is 3.46. The molecule has 1 rings (SSSR count). The van der Waals surface area contributed by atoms with Gasteiger partial charge in [-0.25, -0.2) is 8.42 Å². The monoisotopic (exact) mass is 326 g/mol. The number of hydrogen-bond acceptors (Lipinski definition) is 4. The minimum absolute atomic E-state index is 0.0521. The largest absolute Gasteiger partial charge is 0.492 e. The third kappa shape index (κ3) is 5.18. The summed E-state index contributed by atoms with van der Waals surface area (Å²) in [5, 5.41) is 0.206. The van der Waals surface area contributed by atoms with E-state index in [1.165, 1.54) is 18.2 Å². The summed E-state index contributed by atoms with van der Waals surface area (Å²) >= 11 is 5.94. The average Bonchev–Trinajstić information content (AvgIpc) is 2.30. The van der Waals surface area contributed by atoms with Crippen molar-refractivity contribution in [2.75, 3.05) is 13.7 Å². The fraction of sp³-hybridized carbons (Fsp3) is 0.500. The van der Waals surface area contributed by atoms with Gasteiger partial charge in [-0.05, 0) is 32.0 Å². The van der Waals surface area contributed by atoms with Crippen LogP contribution < -0.4 is 4.74 Å². The standard InChI is InChI=1S/C12H16Cl2O4S/c1-12(2,17-3)6-7-18-11-5-4-9(8-10(11)13)19(14,15)16/h4-5,8H,6-7H2,1-3H3. The van der Waals surface area contributed by atoms with Gasteiger partial charge in [-0.2, -0.15) is 0 Å². The van der Waals surface area contributed by atoms with E-state index in [2.05, 4.69) is 0 Å². The van der Waals surface area contributed by atoms with Gasteiger partial charge in [0, 0.05) is 24.2 Å². The number of halogens is 2. The van der Waals surface area contributed by atoms with E-state index in [9.17, 15) is 8.42 Å². The molecule has 0 aromatic heterocycles. The summed E-state index contributed by atoms with van der Waals surface area (Å²) in [4.78, 5) is -0.0521. The lowest BCUT2D eigenvalue weighted by Crippen LogP contribution is -2.25. The topological polar surface area (TPSA) is 52.6 Å². The zero-order valence-electron chi connectivity index (χ0n) is 10.9. The van der Waals surface area contributed by atoms with Crippen LogP contribution in [0.15, 0.2) is 23.1 Å². The number of ether oxygens (including phenoxy) is 2. The molecule has 0 bridgehead atoms. The lowest BCUT2D eigenvalue weighted by Gasteiger charge is -2.22. The van der Waals surface area contributed by atoms with Crippen molar-refractivity contribution in [1.29, 1.82) is 0 Å². The first-order valence-corrected chi connectivity index (χ1v) is 8.26. The van der Waals surface area contributed by atoms with Crippen LogP contribution >= 0.6 is 22.3 Å². The molecule has 0 fully saturated rings. The Kier molecular flexibility index (Phi) is 5.50. The molecule has 0 aliphatic rings. The molecule has 0 atom stereocenters. The van der Waals surface area contributed by atoms with E-state index >= 15 is 0 Å². The summed E-state index contributed by atoms with van der Waals surface area (Å²) in [6, 6.07) is 4.10. The van der Waals surface area contributed by atoms with Crippen LogP contribution in [0.3, 0.4) is 0 Å². The molecular formula is C12H16Cl2O4S. The van der Waals surface area contributed by atoms with E-state index in [4.69, 9.17) is 31.8 Å². The first kappa shape index (κ1) is 16.6. The molecule has 0 aliphatic heterocycles. The zero-order valence-corrected chi connectivity index (χ0v) is 13.3. The second-order valence-corrected chi connectivity index (χ2v) is 7.57. The Labute approximate surface area is 123 Å². The highest BCUT2D eigenvalue weighted by Crippen LogP contribution is 2.29. The van der Waals surface area contributed by atoms with Gasteiger partial charge in [-0.1, -0.05) is 11.6 Å². The van der Waals surface area contributed by atoms with E-state index in [0.29, 0.717) is 18.8 Å². The molecule has 7 heteroatoms. The van der Waals surface area contributed by atoms with E-state index in [1.54, 1.807) is 7.11 Å². The quantitative estimate of drug-likeness (QED) is 0.751. The molecule has 108 valence electrons. The molecule has 0 saturated carbocycles. The lowest BCUT2D eigenvalue weighted by molar-refractivity contribution is 0.00546. The molecular weight excluding hydrogens is 311 g/mol. The maximum absolute atomic E-state index is 11.1. The molecule has 1 aromatic rings. The first-order valence-electron chi connectivity index (χ1n) is 5.58. The first-order chi connectivity index (χ1) is 8.65. The van der Waals surface area contributed by atoms with Crippen molar-refractivity contribution in [2.45, 2.75) is 30.8 Å². The van der Waals surface area contributed by atoms with E-state index in [1.807, 2.05) is 13.8 Å². The van der Waals surface area contributed by atoms with Gasteiger partial charge >= 0.3 is 0 Å². The van der Waals surface area contributed by atoms with Crippen molar-refractivity contribution in [1.82, 2.24) is 0 Å². The molecule has 0 amide bonds. The molecule has 0 N–H and O–H groups in total. The smallest absolute Gasteiger partial charge is 0.261 e. The van der Waals surface area contributed by atoms with Crippen molar-refractivity contribution >= 4 is 31.3 Å². The van der Waals surface area contributed by atoms with Crippen LogP contribution in [0.1, 0.15) is 20.3 Å². The maximum atomic E-state index is 11.1. The van der Waals surface area contributed by atoms with Gasteiger partial charge in [-0.15, -0.1) is 0 Å². The van der Waals surface area contributed by atoms with Gasteiger partial charge in [0.05, 0.1) is 22.1 Å². The predicted molar refractivity (Wildman–Crippen MR) is 75.7 cm³/mol. The summed E-state index contributed by atoms with van der Waals surface area (Å²) in [5.41, 5.74) is -0.286. The Morgan fingerprint density at radius 1 is 1.32 bits per heavy atom. The van der Waals surface area contributed by atoms with Crippen LogP contribution in [-0.4, -0.2) is 27.7 Å². The third-order valence-electron chi connectivity index (χ3n) is 2.70. The minimum Gasteiger partial charge on any atom is -0.492 e. The van der Waals surface area contributed by atoms with Crippen LogP contribution in [0.2, 0.25) is 5.02 Å². The van der Waals surface area contributed by atoms with Crippen molar-refractivity contribution in [3.8, 4) is 5.75 Å². The minimum atomic E-state index is -3.78. The fourth-order valence-corrected chi connectivity index (χ4v) is 2.34. The van der Waals surface area contributed by atoms with Gasteiger partial charge in [0.25, 0.3) is 9.05 Å². The Hall–Kier alpha value is -0.490. The van der Waals surface area contributed by atoms with Crippen LogP contribution in [0.4, 0.5) is 0 Å². The lowest BCUT2D eigenvalue weighted by atomic mass is 10.1. The molecule has 4 nitrogen and oxygen atoms in total. The van der Waals surface area contributed by atoms with E-state index in [-0.39, 0.29) is 15.5 Å². The highest BCUT2D eigenvalue weighted by Gasteiger charge is 2.17. The zero-order chi connectivity index (χ0) is 14.7. The Balaban J connectivity index is 2.72. The van der Waals surface area contributed by atoms with Crippen LogP contribution in [0, 0.1) is 0 Å². The number of methoxy groups -OCH3 is 1. The van der Waals surface area contributed by atoms with Crippen molar-refractivity contribution in [3.63, 3.8) is 0 Å². The van der Waals surface area contributed by atoms with Gasteiger partial charge < -0.3 is 9.47 Å². The van der Waals surface area contributed by atoms with Crippen LogP contribution in [-0.2, 0) is 13.8 Å². The molecule has 1 aromatic carbocycles. The molecule has 0 unspecified atom stereocenters. The fourth-order valence-electron chi connectivity index (χ4n) is 1.26. The van der Waals surface area contributed by atoms with Gasteiger partial charge in [-0.3, -0.25) is 0 Å². The summed E-state index contributed by atoms with van der Waals surface area (Å²) in [7, 11) is 3.08. The van der Waals surface area contributed by atoms with E-state index < -0.39 is 9.05 Å². The maximum Gasteiger partial charge on any atom is 0.261 e. The number of benzene rings is 1. The molecule has 0 radical (unpaired) electrons. The second-order valence-electron chi connectivity index (χ2n) is 4.59. The Bertz CT molecular complexity index is 541. The van der Waals surface area contributed by atoms with Gasteiger partial charge in [0.15, 0.2) is 0 Å². The van der Waals surface area contributed by atoms with E-state index in [0.717, 1.165) is 0 Å². The molecule has 0 saturated heterocycles. The summed E-state index contributed by atoms with van der Waals surface area (Å²) in [6.45, 7) is 4.30. The Morgan fingerprint density at radius 2 is 1.95 bits per heavy atom. The second kappa shape index (κ2) is 6.31. The van der Waals surface area contributed by atoms with Crippen molar-refractivity contribution < 1.29 is 17.9 Å². The van der Waals surface area contributed by atoms with Crippen LogP contribution in [0.25, 0.3) is 0 Å². The van der Waals surface area contributed by atoms with Crippen molar-refractivity contribution in [3.05, 3.63) is 23.2 Å². The summed E-state index contributed by atoms with van der Waals surface area (Å²) < 4.78 is 33.0. The third-order valence-corrected chi connectivity index (χ3v) is 4.35.